The molecule has 3 rings (SSSR count). The number of aryl methyl sites for hydroxylation is 1. The van der Waals surface area contributed by atoms with Crippen LogP contribution < -0.4 is 10.6 Å². The van der Waals surface area contributed by atoms with Gasteiger partial charge in [-0.3, -0.25) is 0 Å². The Morgan fingerprint density at radius 2 is 1.87 bits per heavy atom. The molecule has 72 valence electrons. The fraction of sp³-hybridized carbons (Fsp3) is 0.0714. The lowest BCUT2D eigenvalue weighted by atomic mass is 10.2. The summed E-state index contributed by atoms with van der Waals surface area (Å²) < 4.78 is 2.22. The van der Waals surface area contributed by atoms with Gasteiger partial charge in [-0.2, -0.15) is 0 Å². The predicted octanol–water partition coefficient (Wildman–Crippen LogP) is 1.46. The van der Waals surface area contributed by atoms with Crippen molar-refractivity contribution in [1.29, 1.82) is 0 Å². The Morgan fingerprint density at radius 1 is 1.07 bits per heavy atom. The number of benzene rings is 1. The van der Waals surface area contributed by atoms with Crippen LogP contribution in [-0.2, 0) is 7.05 Å². The number of fused-ring (bicyclic) bond motifs is 3. The van der Waals surface area contributed by atoms with Gasteiger partial charge < -0.3 is 4.57 Å². The molecule has 2 aromatic rings. The van der Waals surface area contributed by atoms with E-state index in [1.165, 1.54) is 21.5 Å². The summed E-state index contributed by atoms with van der Waals surface area (Å²) in [5, 5.41) is 3.84. The van der Waals surface area contributed by atoms with Crippen LogP contribution in [0.5, 0.6) is 0 Å². The molecule has 0 bridgehead atoms. The first-order chi connectivity index (χ1) is 7.38. The number of allylic oxidation sites excluding steroid dienone is 1. The molecule has 0 spiro atoms. The van der Waals surface area contributed by atoms with Crippen LogP contribution in [-0.4, -0.2) is 4.57 Å². The van der Waals surface area contributed by atoms with Crippen molar-refractivity contribution in [3.05, 3.63) is 52.7 Å². The van der Waals surface area contributed by atoms with Crippen LogP contribution in [0.2, 0.25) is 0 Å². The van der Waals surface area contributed by atoms with Crippen molar-refractivity contribution < 1.29 is 0 Å². The van der Waals surface area contributed by atoms with Gasteiger partial charge >= 0.3 is 0 Å². The summed E-state index contributed by atoms with van der Waals surface area (Å²) in [6.45, 7) is 0. The Morgan fingerprint density at radius 3 is 2.80 bits per heavy atom. The molecule has 0 N–H and O–H groups in total. The fourth-order valence-electron chi connectivity index (χ4n) is 2.13. The summed E-state index contributed by atoms with van der Waals surface area (Å²) in [7, 11) is 2.10. The van der Waals surface area contributed by atoms with Gasteiger partial charge in [0.15, 0.2) is 0 Å². The number of nitrogens with zero attached hydrogens (tertiary/aromatic N) is 1. The van der Waals surface area contributed by atoms with Gasteiger partial charge in [-0.15, -0.1) is 5.73 Å². The van der Waals surface area contributed by atoms with E-state index in [9.17, 15) is 0 Å². The monoisotopic (exact) mass is 193 g/mol. The zero-order chi connectivity index (χ0) is 10.3. The summed E-state index contributed by atoms with van der Waals surface area (Å²) in [5.74, 6) is 0. The minimum absolute atomic E-state index is 1.25. The molecule has 0 amide bonds. The second kappa shape index (κ2) is 3.01. The smallest absolute Gasteiger partial charge is 0.0495 e. The third kappa shape index (κ3) is 1.11. The van der Waals surface area contributed by atoms with Crippen LogP contribution in [0.3, 0.4) is 0 Å². The Balaban J connectivity index is 2.68. The molecular weight excluding hydrogens is 182 g/mol. The number of hydrogen-bond acceptors (Lipinski definition) is 0. The normalized spacial score (nSPS) is 13.1. The molecular formula is C14H11N. The summed E-state index contributed by atoms with van der Waals surface area (Å²) >= 11 is 0. The largest absolute Gasteiger partial charge is 0.344 e. The maximum absolute atomic E-state index is 3.10. The fourth-order valence-corrected chi connectivity index (χ4v) is 2.13. The zero-order valence-electron chi connectivity index (χ0n) is 8.57. The van der Waals surface area contributed by atoms with E-state index in [2.05, 4.69) is 53.8 Å². The van der Waals surface area contributed by atoms with Crippen molar-refractivity contribution in [2.45, 2.75) is 0 Å². The minimum atomic E-state index is 1.25. The van der Waals surface area contributed by atoms with Gasteiger partial charge in [0.2, 0.25) is 0 Å². The summed E-state index contributed by atoms with van der Waals surface area (Å²) in [5.41, 5.74) is 4.37. The Labute approximate surface area is 88.0 Å². The van der Waals surface area contributed by atoms with E-state index in [4.69, 9.17) is 0 Å². The molecule has 1 nitrogen and oxygen atoms in total. The van der Waals surface area contributed by atoms with Crippen molar-refractivity contribution in [3.8, 4) is 0 Å². The van der Waals surface area contributed by atoms with Crippen LogP contribution in [0.1, 0.15) is 0 Å². The summed E-state index contributed by atoms with van der Waals surface area (Å²) in [4.78, 5) is 0. The molecule has 0 saturated heterocycles. The highest BCUT2D eigenvalue weighted by Gasteiger charge is 2.02. The standard InChI is InChI=1S/C14H11N/c1-15-13-9-4-2-3-7-11(13)12-8-5-6-10-14(12)15/h3-10H,1H3. The second-order valence-corrected chi connectivity index (χ2v) is 3.71. The first-order valence-corrected chi connectivity index (χ1v) is 5.04. The van der Waals surface area contributed by atoms with Gasteiger partial charge in [0.05, 0.1) is 0 Å². The Kier molecular flexibility index (Phi) is 1.67. The molecule has 0 radical (unpaired) electrons. The number of para-hydroxylation sites is 1. The molecule has 15 heavy (non-hydrogen) atoms. The number of hydrogen-bond donors (Lipinski definition) is 0. The topological polar surface area (TPSA) is 4.93 Å². The van der Waals surface area contributed by atoms with Crippen LogP contribution in [0.25, 0.3) is 23.1 Å². The molecule has 1 heteroatoms. The predicted molar refractivity (Wildman–Crippen MR) is 63.8 cm³/mol. The first-order valence-electron chi connectivity index (χ1n) is 5.04. The minimum Gasteiger partial charge on any atom is -0.344 e. The van der Waals surface area contributed by atoms with Crippen molar-refractivity contribution in [2.24, 2.45) is 7.05 Å². The average molecular weight is 193 g/mol. The highest BCUT2D eigenvalue weighted by Crippen LogP contribution is 2.06. The van der Waals surface area contributed by atoms with Gasteiger partial charge in [0.25, 0.3) is 0 Å². The maximum Gasteiger partial charge on any atom is 0.0495 e. The Bertz CT molecular complexity index is 708. The molecule has 1 aromatic heterocycles. The van der Waals surface area contributed by atoms with E-state index in [-0.39, 0.29) is 0 Å². The first kappa shape index (κ1) is 8.34. The molecule has 1 aromatic carbocycles. The Hall–Kier alpha value is -1.98. The molecule has 1 aliphatic carbocycles. The molecule has 0 aliphatic heterocycles. The van der Waals surface area contributed by atoms with Crippen LogP contribution in [0.15, 0.2) is 42.1 Å². The van der Waals surface area contributed by atoms with Gasteiger partial charge in [-0.1, -0.05) is 18.2 Å². The summed E-state index contributed by atoms with van der Waals surface area (Å²) in [6.07, 6.45) is 8.16. The van der Waals surface area contributed by atoms with Crippen molar-refractivity contribution >= 4 is 23.1 Å². The lowest BCUT2D eigenvalue weighted by molar-refractivity contribution is 0.926. The summed E-state index contributed by atoms with van der Waals surface area (Å²) in [6, 6.07) is 8.47. The SMILES string of the molecule is Cn1c2c(c3ccccc31)=CC=C=CC=2. The van der Waals surface area contributed by atoms with Crippen LogP contribution in [0.4, 0.5) is 0 Å². The molecule has 1 heterocycles. The highest BCUT2D eigenvalue weighted by molar-refractivity contribution is 5.82. The lowest BCUT2D eigenvalue weighted by Gasteiger charge is -1.94. The lowest BCUT2D eigenvalue weighted by Crippen LogP contribution is -2.26. The quantitative estimate of drug-likeness (QED) is 0.558. The number of rotatable bonds is 0. The van der Waals surface area contributed by atoms with Crippen LogP contribution in [0, 0.1) is 0 Å². The van der Waals surface area contributed by atoms with Crippen LogP contribution >= 0.6 is 0 Å². The van der Waals surface area contributed by atoms with Gasteiger partial charge in [-0.25, -0.2) is 0 Å². The van der Waals surface area contributed by atoms with Gasteiger partial charge in [0, 0.05) is 28.5 Å². The third-order valence-corrected chi connectivity index (χ3v) is 2.88. The van der Waals surface area contributed by atoms with E-state index in [0.717, 1.165) is 0 Å². The molecule has 0 saturated carbocycles. The van der Waals surface area contributed by atoms with E-state index >= 15 is 0 Å². The van der Waals surface area contributed by atoms with E-state index in [1.807, 2.05) is 12.2 Å². The molecule has 1 aliphatic rings. The van der Waals surface area contributed by atoms with E-state index < -0.39 is 0 Å². The molecule has 0 fully saturated rings. The molecule has 0 unspecified atom stereocenters. The van der Waals surface area contributed by atoms with Gasteiger partial charge in [-0.05, 0) is 30.4 Å². The van der Waals surface area contributed by atoms with E-state index in [1.54, 1.807) is 0 Å². The number of aromatic nitrogens is 1. The maximum atomic E-state index is 3.10. The van der Waals surface area contributed by atoms with Crippen molar-refractivity contribution in [3.63, 3.8) is 0 Å². The zero-order valence-corrected chi connectivity index (χ0v) is 8.57. The average Bonchev–Trinajstić information content (AvgIpc) is 2.48. The van der Waals surface area contributed by atoms with Crippen molar-refractivity contribution in [2.75, 3.05) is 0 Å². The van der Waals surface area contributed by atoms with Crippen molar-refractivity contribution in [1.82, 2.24) is 4.57 Å². The molecule has 0 atom stereocenters. The highest BCUT2D eigenvalue weighted by atomic mass is 14.9. The van der Waals surface area contributed by atoms with E-state index in [0.29, 0.717) is 0 Å². The third-order valence-electron chi connectivity index (χ3n) is 2.88. The second-order valence-electron chi connectivity index (χ2n) is 3.71. The van der Waals surface area contributed by atoms with Gasteiger partial charge in [0.1, 0.15) is 0 Å².